The normalized spacial score (nSPS) is 12.3. The SMILES string of the molecule is CCCC(C)NCc1cnc(-c2cccc(C)c2)nc1. The van der Waals surface area contributed by atoms with Crippen LogP contribution in [0.25, 0.3) is 11.4 Å². The van der Waals surface area contributed by atoms with E-state index in [1.165, 1.54) is 18.4 Å². The first-order valence-electron chi connectivity index (χ1n) is 7.30. The van der Waals surface area contributed by atoms with Gasteiger partial charge < -0.3 is 5.32 Å². The number of nitrogens with zero attached hydrogens (tertiary/aromatic N) is 2. The van der Waals surface area contributed by atoms with Gasteiger partial charge in [-0.3, -0.25) is 0 Å². The van der Waals surface area contributed by atoms with Gasteiger partial charge in [-0.2, -0.15) is 0 Å². The standard InChI is InChI=1S/C17H23N3/c1-4-6-14(3)18-10-15-11-19-17(20-12-15)16-8-5-7-13(2)9-16/h5,7-9,11-12,14,18H,4,6,10H2,1-3H3. The second-order valence-corrected chi connectivity index (χ2v) is 5.36. The van der Waals surface area contributed by atoms with Crippen LogP contribution in [0.2, 0.25) is 0 Å². The summed E-state index contributed by atoms with van der Waals surface area (Å²) < 4.78 is 0. The molecule has 0 fully saturated rings. The van der Waals surface area contributed by atoms with Gasteiger partial charge in [0.05, 0.1) is 0 Å². The molecule has 1 atom stereocenters. The molecule has 3 heteroatoms. The predicted molar refractivity (Wildman–Crippen MR) is 83.4 cm³/mol. The molecular weight excluding hydrogens is 246 g/mol. The lowest BCUT2D eigenvalue weighted by atomic mass is 10.1. The van der Waals surface area contributed by atoms with Crippen molar-refractivity contribution in [3.05, 3.63) is 47.8 Å². The topological polar surface area (TPSA) is 37.8 Å². The van der Waals surface area contributed by atoms with Crippen molar-refractivity contribution in [3.63, 3.8) is 0 Å². The molecule has 0 saturated heterocycles. The maximum atomic E-state index is 4.46. The quantitative estimate of drug-likeness (QED) is 0.868. The largest absolute Gasteiger partial charge is 0.310 e. The molecule has 0 bridgehead atoms. The molecule has 0 aliphatic rings. The summed E-state index contributed by atoms with van der Waals surface area (Å²) >= 11 is 0. The third-order valence-corrected chi connectivity index (χ3v) is 3.36. The molecule has 0 amide bonds. The van der Waals surface area contributed by atoms with Crippen LogP contribution in [0.1, 0.15) is 37.8 Å². The van der Waals surface area contributed by atoms with E-state index in [9.17, 15) is 0 Å². The number of aryl methyl sites for hydroxylation is 1. The van der Waals surface area contributed by atoms with Gasteiger partial charge in [0.25, 0.3) is 0 Å². The van der Waals surface area contributed by atoms with Crippen LogP contribution in [0.3, 0.4) is 0 Å². The smallest absolute Gasteiger partial charge is 0.159 e. The van der Waals surface area contributed by atoms with Crippen molar-refractivity contribution in [2.45, 2.75) is 46.2 Å². The minimum Gasteiger partial charge on any atom is -0.310 e. The summed E-state index contributed by atoms with van der Waals surface area (Å²) in [7, 11) is 0. The zero-order valence-electron chi connectivity index (χ0n) is 12.6. The summed E-state index contributed by atoms with van der Waals surface area (Å²) in [4.78, 5) is 8.93. The van der Waals surface area contributed by atoms with Crippen LogP contribution in [0.5, 0.6) is 0 Å². The van der Waals surface area contributed by atoms with Gasteiger partial charge in [0.2, 0.25) is 0 Å². The van der Waals surface area contributed by atoms with Gasteiger partial charge in [-0.15, -0.1) is 0 Å². The summed E-state index contributed by atoms with van der Waals surface area (Å²) in [5.41, 5.74) is 3.43. The summed E-state index contributed by atoms with van der Waals surface area (Å²) in [6.45, 7) is 7.33. The van der Waals surface area contributed by atoms with Gasteiger partial charge in [0.15, 0.2) is 5.82 Å². The molecule has 2 aromatic rings. The Bertz CT molecular complexity index is 534. The second kappa shape index (κ2) is 7.15. The van der Waals surface area contributed by atoms with Gasteiger partial charge in [0, 0.05) is 36.1 Å². The molecule has 0 aliphatic carbocycles. The highest BCUT2D eigenvalue weighted by atomic mass is 14.9. The lowest BCUT2D eigenvalue weighted by Gasteiger charge is -2.12. The summed E-state index contributed by atoms with van der Waals surface area (Å²) in [5.74, 6) is 0.791. The van der Waals surface area contributed by atoms with Crippen molar-refractivity contribution in [1.29, 1.82) is 0 Å². The van der Waals surface area contributed by atoms with Crippen molar-refractivity contribution in [1.82, 2.24) is 15.3 Å². The van der Waals surface area contributed by atoms with E-state index in [4.69, 9.17) is 0 Å². The fraction of sp³-hybridized carbons (Fsp3) is 0.412. The van der Waals surface area contributed by atoms with Crippen LogP contribution >= 0.6 is 0 Å². The van der Waals surface area contributed by atoms with Crippen LogP contribution < -0.4 is 5.32 Å². The fourth-order valence-electron chi connectivity index (χ4n) is 2.21. The molecular formula is C17H23N3. The predicted octanol–water partition coefficient (Wildman–Crippen LogP) is 3.73. The van der Waals surface area contributed by atoms with Crippen LogP contribution in [0.15, 0.2) is 36.7 Å². The van der Waals surface area contributed by atoms with E-state index in [1.807, 2.05) is 24.5 Å². The van der Waals surface area contributed by atoms with Gasteiger partial charge in [0.1, 0.15) is 0 Å². The molecule has 20 heavy (non-hydrogen) atoms. The molecule has 1 N–H and O–H groups in total. The lowest BCUT2D eigenvalue weighted by molar-refractivity contribution is 0.507. The zero-order valence-corrected chi connectivity index (χ0v) is 12.6. The Morgan fingerprint density at radius 3 is 2.60 bits per heavy atom. The third kappa shape index (κ3) is 4.14. The van der Waals surface area contributed by atoms with E-state index in [0.29, 0.717) is 6.04 Å². The van der Waals surface area contributed by atoms with Crippen LogP contribution in [-0.2, 0) is 6.54 Å². The average Bonchev–Trinajstić information content (AvgIpc) is 2.46. The average molecular weight is 269 g/mol. The first-order chi connectivity index (χ1) is 9.69. The Morgan fingerprint density at radius 2 is 1.95 bits per heavy atom. The van der Waals surface area contributed by atoms with Gasteiger partial charge in [-0.05, 0) is 26.3 Å². The van der Waals surface area contributed by atoms with E-state index < -0.39 is 0 Å². The Labute approximate surface area is 121 Å². The number of rotatable bonds is 6. The maximum Gasteiger partial charge on any atom is 0.159 e. The molecule has 3 nitrogen and oxygen atoms in total. The highest BCUT2D eigenvalue weighted by Crippen LogP contribution is 2.15. The molecule has 106 valence electrons. The lowest BCUT2D eigenvalue weighted by Crippen LogP contribution is -2.25. The molecule has 0 saturated carbocycles. The van der Waals surface area contributed by atoms with Crippen molar-refractivity contribution < 1.29 is 0 Å². The zero-order chi connectivity index (χ0) is 14.4. The fourth-order valence-corrected chi connectivity index (χ4v) is 2.21. The Hall–Kier alpha value is -1.74. The van der Waals surface area contributed by atoms with E-state index >= 15 is 0 Å². The van der Waals surface area contributed by atoms with Crippen molar-refractivity contribution in [2.24, 2.45) is 0 Å². The number of nitrogens with one attached hydrogen (secondary N) is 1. The van der Waals surface area contributed by atoms with E-state index in [2.05, 4.69) is 48.2 Å². The first-order valence-corrected chi connectivity index (χ1v) is 7.30. The first kappa shape index (κ1) is 14.7. The molecule has 0 radical (unpaired) electrons. The van der Waals surface area contributed by atoms with Crippen LogP contribution in [0.4, 0.5) is 0 Å². The molecule has 1 aromatic carbocycles. The molecule has 0 spiro atoms. The number of hydrogen-bond donors (Lipinski definition) is 1. The summed E-state index contributed by atoms with van der Waals surface area (Å²) in [6.07, 6.45) is 6.23. The Balaban J connectivity index is 1.99. The molecule has 1 heterocycles. The number of benzene rings is 1. The van der Waals surface area contributed by atoms with Crippen molar-refractivity contribution in [3.8, 4) is 11.4 Å². The van der Waals surface area contributed by atoms with Crippen LogP contribution in [0, 0.1) is 6.92 Å². The Morgan fingerprint density at radius 1 is 1.20 bits per heavy atom. The van der Waals surface area contributed by atoms with E-state index in [0.717, 1.165) is 23.5 Å². The molecule has 0 aliphatic heterocycles. The van der Waals surface area contributed by atoms with Crippen LogP contribution in [-0.4, -0.2) is 16.0 Å². The van der Waals surface area contributed by atoms with Crippen molar-refractivity contribution >= 4 is 0 Å². The van der Waals surface area contributed by atoms with Gasteiger partial charge in [-0.1, -0.05) is 37.1 Å². The Kier molecular flexibility index (Phi) is 5.24. The minimum absolute atomic E-state index is 0.538. The number of aromatic nitrogens is 2. The van der Waals surface area contributed by atoms with Gasteiger partial charge in [-0.25, -0.2) is 9.97 Å². The van der Waals surface area contributed by atoms with E-state index in [1.54, 1.807) is 0 Å². The van der Waals surface area contributed by atoms with Crippen molar-refractivity contribution in [2.75, 3.05) is 0 Å². The number of hydrogen-bond acceptors (Lipinski definition) is 3. The molecule has 1 unspecified atom stereocenters. The minimum atomic E-state index is 0.538. The highest BCUT2D eigenvalue weighted by molar-refractivity contribution is 5.55. The highest BCUT2D eigenvalue weighted by Gasteiger charge is 2.03. The van der Waals surface area contributed by atoms with E-state index in [-0.39, 0.29) is 0 Å². The maximum absolute atomic E-state index is 4.46. The second-order valence-electron chi connectivity index (χ2n) is 5.36. The molecule has 1 aromatic heterocycles. The van der Waals surface area contributed by atoms with Gasteiger partial charge >= 0.3 is 0 Å². The monoisotopic (exact) mass is 269 g/mol. The third-order valence-electron chi connectivity index (χ3n) is 3.36. The summed E-state index contributed by atoms with van der Waals surface area (Å²) in [5, 5.41) is 3.49. The molecule has 2 rings (SSSR count). The summed E-state index contributed by atoms with van der Waals surface area (Å²) in [6, 6.07) is 8.81.